The molecule has 0 aromatic carbocycles. The lowest BCUT2D eigenvalue weighted by Gasteiger charge is -2.16. The van der Waals surface area contributed by atoms with Gasteiger partial charge in [0.1, 0.15) is 17.8 Å². The van der Waals surface area contributed by atoms with Gasteiger partial charge in [0.25, 0.3) is 5.91 Å². The Morgan fingerprint density at radius 3 is 2.90 bits per heavy atom. The first-order chi connectivity index (χ1) is 9.65. The maximum atomic E-state index is 12.1. The predicted molar refractivity (Wildman–Crippen MR) is 73.3 cm³/mol. The number of rotatable bonds is 5. The molecule has 0 saturated carbocycles. The van der Waals surface area contributed by atoms with E-state index in [4.69, 9.17) is 0 Å². The monoisotopic (exact) mass is 275 g/mol. The number of nitrogens with zero attached hydrogens (tertiary/aromatic N) is 3. The predicted octanol–water partition coefficient (Wildman–Crippen LogP) is 0.867. The molecule has 0 unspecified atom stereocenters. The average molecular weight is 275 g/mol. The van der Waals surface area contributed by atoms with Crippen LogP contribution in [0.4, 0.5) is 0 Å². The van der Waals surface area contributed by atoms with Crippen molar-refractivity contribution in [3.8, 4) is 0 Å². The van der Waals surface area contributed by atoms with Crippen molar-refractivity contribution >= 4 is 5.91 Å². The summed E-state index contributed by atoms with van der Waals surface area (Å²) in [5.74, 6) is 0.377. The number of aromatic nitrogens is 4. The number of aryl methyl sites for hydroxylation is 1. The Kier molecular flexibility index (Phi) is 4.29. The molecule has 0 saturated heterocycles. The second-order valence-electron chi connectivity index (χ2n) is 4.30. The van der Waals surface area contributed by atoms with Crippen LogP contribution in [-0.4, -0.2) is 25.7 Å². The quantitative estimate of drug-likeness (QED) is 0.846. The number of pyridine rings is 1. The van der Waals surface area contributed by atoms with Gasteiger partial charge < -0.3 is 10.3 Å². The summed E-state index contributed by atoms with van der Waals surface area (Å²) >= 11 is 0. The van der Waals surface area contributed by atoms with E-state index < -0.39 is 0 Å². The Labute approximate surface area is 116 Å². The number of carbonyl (C=O) groups excluding carboxylic acids is 1. The van der Waals surface area contributed by atoms with Gasteiger partial charge in [0.15, 0.2) is 0 Å². The summed E-state index contributed by atoms with van der Waals surface area (Å²) in [6, 6.07) is 4.23. The summed E-state index contributed by atoms with van der Waals surface area (Å²) in [4.78, 5) is 30.0. The smallest absolute Gasteiger partial charge is 0.268 e. The second kappa shape index (κ2) is 6.14. The van der Waals surface area contributed by atoms with Crippen LogP contribution in [-0.2, 0) is 6.54 Å². The third-order valence-electron chi connectivity index (χ3n) is 2.98. The first-order valence-electron chi connectivity index (χ1n) is 6.53. The largest absolute Gasteiger partial charge is 0.341 e. The van der Waals surface area contributed by atoms with Crippen LogP contribution in [0.25, 0.3) is 0 Å². The molecule has 0 aliphatic carbocycles. The summed E-state index contributed by atoms with van der Waals surface area (Å²) in [5, 5.41) is 6.95. The third kappa shape index (κ3) is 2.93. The highest BCUT2D eigenvalue weighted by Gasteiger charge is 2.19. The summed E-state index contributed by atoms with van der Waals surface area (Å²) in [6.45, 7) is 4.60. The van der Waals surface area contributed by atoms with Crippen molar-refractivity contribution in [3.63, 3.8) is 0 Å². The molecule has 106 valence electrons. The topological polar surface area (TPSA) is 92.7 Å². The molecule has 20 heavy (non-hydrogen) atoms. The first-order valence-corrected chi connectivity index (χ1v) is 6.53. The molecule has 7 heteroatoms. The molecule has 0 fully saturated rings. The Balaban J connectivity index is 2.18. The van der Waals surface area contributed by atoms with Gasteiger partial charge in [0, 0.05) is 12.6 Å². The van der Waals surface area contributed by atoms with Crippen molar-refractivity contribution in [2.45, 2.75) is 32.9 Å². The molecule has 2 heterocycles. The number of hydrogen-bond donors (Lipinski definition) is 2. The van der Waals surface area contributed by atoms with E-state index in [0.717, 1.165) is 0 Å². The molecule has 2 N–H and O–H groups in total. The number of carbonyl (C=O) groups is 1. The maximum Gasteiger partial charge on any atom is 0.268 e. The molecule has 1 atom stereocenters. The van der Waals surface area contributed by atoms with Gasteiger partial charge in [-0.3, -0.25) is 9.59 Å². The van der Waals surface area contributed by atoms with Crippen LogP contribution in [0.1, 0.15) is 42.6 Å². The highest BCUT2D eigenvalue weighted by molar-refractivity contribution is 5.92. The third-order valence-corrected chi connectivity index (χ3v) is 2.98. The molecule has 0 radical (unpaired) electrons. The van der Waals surface area contributed by atoms with Gasteiger partial charge in [0.2, 0.25) is 5.56 Å². The van der Waals surface area contributed by atoms with E-state index >= 15 is 0 Å². The Hall–Kier alpha value is -2.44. The van der Waals surface area contributed by atoms with Crippen molar-refractivity contribution in [3.05, 3.63) is 46.4 Å². The van der Waals surface area contributed by atoms with Crippen LogP contribution < -0.4 is 10.9 Å². The zero-order valence-corrected chi connectivity index (χ0v) is 11.5. The van der Waals surface area contributed by atoms with Gasteiger partial charge >= 0.3 is 0 Å². The van der Waals surface area contributed by atoms with Crippen molar-refractivity contribution in [2.24, 2.45) is 0 Å². The molecule has 0 bridgehead atoms. The van der Waals surface area contributed by atoms with E-state index in [1.165, 1.54) is 12.4 Å². The number of nitrogens with one attached hydrogen (secondary N) is 2. The average Bonchev–Trinajstić information content (AvgIpc) is 2.92. The van der Waals surface area contributed by atoms with Crippen molar-refractivity contribution < 1.29 is 4.79 Å². The van der Waals surface area contributed by atoms with Crippen LogP contribution in [0.15, 0.2) is 29.3 Å². The minimum Gasteiger partial charge on any atom is -0.341 e. The molecular weight excluding hydrogens is 258 g/mol. The van der Waals surface area contributed by atoms with Gasteiger partial charge in [-0.1, -0.05) is 13.0 Å². The standard InChI is InChI=1S/C13H17N5O2/c1-3-9(12-14-8-15-18(12)4-2)17-13(20)10-6-5-7-11(19)16-10/h5-9H,3-4H2,1-2H3,(H,16,19)(H,17,20)/t9-/m0/s1. The summed E-state index contributed by atoms with van der Waals surface area (Å²) < 4.78 is 1.74. The van der Waals surface area contributed by atoms with Gasteiger partial charge in [-0.15, -0.1) is 0 Å². The van der Waals surface area contributed by atoms with E-state index in [0.29, 0.717) is 18.8 Å². The van der Waals surface area contributed by atoms with E-state index in [9.17, 15) is 9.59 Å². The molecule has 1 amide bonds. The molecule has 7 nitrogen and oxygen atoms in total. The van der Waals surface area contributed by atoms with Gasteiger partial charge in [0.05, 0.1) is 6.04 Å². The van der Waals surface area contributed by atoms with E-state index in [2.05, 4.69) is 20.4 Å². The molecule has 0 spiro atoms. The van der Waals surface area contributed by atoms with Crippen molar-refractivity contribution in [1.82, 2.24) is 25.1 Å². The van der Waals surface area contributed by atoms with Gasteiger partial charge in [-0.05, 0) is 19.4 Å². The van der Waals surface area contributed by atoms with Gasteiger partial charge in [-0.2, -0.15) is 5.10 Å². The molecular formula is C13H17N5O2. The maximum absolute atomic E-state index is 12.1. The lowest BCUT2D eigenvalue weighted by Crippen LogP contribution is -2.31. The summed E-state index contributed by atoms with van der Waals surface area (Å²) in [5.41, 5.74) is -0.0686. The van der Waals surface area contributed by atoms with Crippen LogP contribution >= 0.6 is 0 Å². The fourth-order valence-electron chi connectivity index (χ4n) is 1.95. The zero-order valence-electron chi connectivity index (χ0n) is 11.5. The van der Waals surface area contributed by atoms with Crippen LogP contribution in [0.2, 0.25) is 0 Å². The highest BCUT2D eigenvalue weighted by Crippen LogP contribution is 2.14. The lowest BCUT2D eigenvalue weighted by molar-refractivity contribution is 0.0927. The van der Waals surface area contributed by atoms with Crippen LogP contribution in [0, 0.1) is 0 Å². The zero-order chi connectivity index (χ0) is 14.5. The lowest BCUT2D eigenvalue weighted by atomic mass is 10.2. The second-order valence-corrected chi connectivity index (χ2v) is 4.30. The first kappa shape index (κ1) is 14.0. The van der Waals surface area contributed by atoms with Crippen molar-refractivity contribution in [1.29, 1.82) is 0 Å². The van der Waals surface area contributed by atoms with Crippen LogP contribution in [0.3, 0.4) is 0 Å². The Morgan fingerprint density at radius 1 is 1.45 bits per heavy atom. The molecule has 2 rings (SSSR count). The minimum absolute atomic E-state index is 0.235. The Morgan fingerprint density at radius 2 is 2.25 bits per heavy atom. The SMILES string of the molecule is CC[C@H](NC(=O)c1cccc(=O)[nH]1)c1ncnn1CC. The molecule has 0 aliphatic rings. The van der Waals surface area contributed by atoms with Crippen molar-refractivity contribution in [2.75, 3.05) is 0 Å². The number of hydrogen-bond acceptors (Lipinski definition) is 4. The molecule has 0 aliphatic heterocycles. The van der Waals surface area contributed by atoms with Crippen LogP contribution in [0.5, 0.6) is 0 Å². The van der Waals surface area contributed by atoms with E-state index in [1.807, 2.05) is 13.8 Å². The summed E-state index contributed by atoms with van der Waals surface area (Å²) in [6.07, 6.45) is 2.15. The van der Waals surface area contributed by atoms with E-state index in [1.54, 1.807) is 16.8 Å². The normalized spacial score (nSPS) is 12.1. The number of H-pyrrole nitrogens is 1. The molecule has 2 aromatic rings. The Bertz CT molecular complexity index is 646. The number of aromatic amines is 1. The van der Waals surface area contributed by atoms with Gasteiger partial charge in [-0.25, -0.2) is 9.67 Å². The minimum atomic E-state index is -0.333. The number of amides is 1. The highest BCUT2D eigenvalue weighted by atomic mass is 16.2. The molecule has 2 aromatic heterocycles. The fraction of sp³-hybridized carbons (Fsp3) is 0.385. The summed E-state index contributed by atoms with van der Waals surface area (Å²) in [7, 11) is 0. The fourth-order valence-corrected chi connectivity index (χ4v) is 1.95. The van der Waals surface area contributed by atoms with E-state index in [-0.39, 0.29) is 23.2 Å².